The quantitative estimate of drug-likeness (QED) is 0.309. The van der Waals surface area contributed by atoms with E-state index in [1.807, 2.05) is 42.5 Å². The average molecular weight is 515 g/mol. The maximum Gasteiger partial charge on any atom is 0.413 e. The lowest BCUT2D eigenvalue weighted by Gasteiger charge is -2.15. The molecule has 3 aromatic carbocycles. The van der Waals surface area contributed by atoms with Gasteiger partial charge in [-0.05, 0) is 61.6 Å². The van der Waals surface area contributed by atoms with Gasteiger partial charge >= 0.3 is 12.1 Å². The van der Waals surface area contributed by atoms with E-state index in [0.717, 1.165) is 11.1 Å². The second kappa shape index (κ2) is 10.1. The van der Waals surface area contributed by atoms with Crippen LogP contribution in [0.3, 0.4) is 0 Å². The van der Waals surface area contributed by atoms with Crippen molar-refractivity contribution in [2.24, 2.45) is 0 Å². The number of aromatic nitrogens is 3. The molecule has 8 nitrogen and oxygen atoms in total. The lowest BCUT2D eigenvalue weighted by atomic mass is 9.93. The van der Waals surface area contributed by atoms with Gasteiger partial charge in [-0.15, -0.1) is 5.10 Å². The normalized spacial score (nSPS) is 14.4. The number of benzene rings is 3. The van der Waals surface area contributed by atoms with Crippen molar-refractivity contribution in [1.29, 1.82) is 0 Å². The number of aryl methyl sites for hydroxylation is 1. The van der Waals surface area contributed by atoms with Crippen molar-refractivity contribution in [3.8, 4) is 16.8 Å². The molecule has 0 saturated heterocycles. The van der Waals surface area contributed by atoms with Gasteiger partial charge in [0.1, 0.15) is 17.6 Å². The lowest BCUT2D eigenvalue weighted by molar-refractivity contribution is -0.143. The Bertz CT molecular complexity index is 1480. The highest BCUT2D eigenvalue weighted by atomic mass is 19.1. The van der Waals surface area contributed by atoms with E-state index >= 15 is 4.39 Å². The lowest BCUT2D eigenvalue weighted by Crippen LogP contribution is -2.23. The zero-order valence-corrected chi connectivity index (χ0v) is 21.3. The number of ether oxygens (including phenoxy) is 2. The SMILES string of the molecule is COC(=O)C1(c2ccc(-c3ccc(-n4nnc(C)c4NC(=O)OC(C)c4ccccc4)cc3)cc2F)CC1. The number of nitrogens with one attached hydrogen (secondary N) is 1. The van der Waals surface area contributed by atoms with Crippen molar-refractivity contribution >= 4 is 17.9 Å². The van der Waals surface area contributed by atoms with E-state index in [2.05, 4.69) is 15.6 Å². The van der Waals surface area contributed by atoms with E-state index in [4.69, 9.17) is 9.47 Å². The fraction of sp³-hybridized carbons (Fsp3) is 0.241. The summed E-state index contributed by atoms with van der Waals surface area (Å²) in [7, 11) is 1.32. The fourth-order valence-electron chi connectivity index (χ4n) is 4.54. The third-order valence-electron chi connectivity index (χ3n) is 6.87. The summed E-state index contributed by atoms with van der Waals surface area (Å²) in [4.78, 5) is 24.8. The van der Waals surface area contributed by atoms with E-state index in [-0.39, 0.29) is 0 Å². The summed E-state index contributed by atoms with van der Waals surface area (Å²) in [6.45, 7) is 3.53. The van der Waals surface area contributed by atoms with E-state index in [1.54, 1.807) is 38.1 Å². The molecular weight excluding hydrogens is 487 g/mol. The first-order chi connectivity index (χ1) is 18.3. The summed E-state index contributed by atoms with van der Waals surface area (Å²) in [6, 6.07) is 21.6. The Morgan fingerprint density at radius 2 is 1.71 bits per heavy atom. The topological polar surface area (TPSA) is 95.3 Å². The molecule has 1 saturated carbocycles. The highest BCUT2D eigenvalue weighted by Gasteiger charge is 2.54. The van der Waals surface area contributed by atoms with Gasteiger partial charge in [-0.2, -0.15) is 4.68 Å². The highest BCUT2D eigenvalue weighted by molar-refractivity contribution is 5.87. The molecule has 1 aliphatic rings. The molecule has 38 heavy (non-hydrogen) atoms. The van der Waals surface area contributed by atoms with Crippen LogP contribution in [-0.2, 0) is 19.7 Å². The summed E-state index contributed by atoms with van der Waals surface area (Å²) < 4.78 is 26.9. The zero-order chi connectivity index (χ0) is 26.9. The Morgan fingerprint density at radius 3 is 2.34 bits per heavy atom. The van der Waals surface area contributed by atoms with Gasteiger partial charge in [0.15, 0.2) is 5.82 Å². The summed E-state index contributed by atoms with van der Waals surface area (Å²) >= 11 is 0. The first kappa shape index (κ1) is 25.1. The molecule has 1 amide bonds. The summed E-state index contributed by atoms with van der Waals surface area (Å²) in [5.74, 6) is -0.452. The average Bonchev–Trinajstić information content (AvgIpc) is 3.66. The number of halogens is 1. The van der Waals surface area contributed by atoms with Crippen LogP contribution in [0, 0.1) is 12.7 Å². The molecule has 1 aromatic heterocycles. The third-order valence-corrected chi connectivity index (χ3v) is 6.87. The summed E-state index contributed by atoms with van der Waals surface area (Å²) in [6.07, 6.45) is 0.101. The van der Waals surface area contributed by atoms with Crippen LogP contribution in [0.4, 0.5) is 15.0 Å². The second-order valence-electron chi connectivity index (χ2n) is 9.33. The van der Waals surface area contributed by atoms with Crippen molar-refractivity contribution in [3.05, 3.63) is 95.4 Å². The number of carbonyl (C=O) groups excluding carboxylic acids is 2. The number of rotatable bonds is 7. The minimum Gasteiger partial charge on any atom is -0.468 e. The number of anilines is 1. The fourth-order valence-corrected chi connectivity index (χ4v) is 4.54. The van der Waals surface area contributed by atoms with Gasteiger partial charge in [0.25, 0.3) is 0 Å². The molecule has 1 aliphatic carbocycles. The van der Waals surface area contributed by atoms with Crippen molar-refractivity contribution < 1.29 is 23.5 Å². The molecule has 1 heterocycles. The first-order valence-corrected chi connectivity index (χ1v) is 12.3. The second-order valence-corrected chi connectivity index (χ2v) is 9.33. The van der Waals surface area contributed by atoms with Crippen molar-refractivity contribution in [1.82, 2.24) is 15.0 Å². The van der Waals surface area contributed by atoms with Crippen molar-refractivity contribution in [3.63, 3.8) is 0 Å². The van der Waals surface area contributed by atoms with E-state index in [1.165, 1.54) is 17.9 Å². The van der Waals surface area contributed by atoms with E-state index < -0.39 is 29.4 Å². The molecule has 0 spiro atoms. The van der Waals surface area contributed by atoms with Crippen molar-refractivity contribution in [2.75, 3.05) is 12.4 Å². The zero-order valence-electron chi connectivity index (χ0n) is 21.3. The Morgan fingerprint density at radius 1 is 1.03 bits per heavy atom. The summed E-state index contributed by atoms with van der Waals surface area (Å²) in [5.41, 5.74) is 3.01. The molecule has 1 unspecified atom stereocenters. The smallest absolute Gasteiger partial charge is 0.413 e. The maximum absolute atomic E-state index is 15.0. The van der Waals surface area contributed by atoms with Crippen LogP contribution in [-0.4, -0.2) is 34.2 Å². The number of amides is 1. The van der Waals surface area contributed by atoms with Gasteiger partial charge in [-0.3, -0.25) is 10.1 Å². The van der Waals surface area contributed by atoms with E-state index in [0.29, 0.717) is 41.2 Å². The standard InChI is InChI=1S/C29H27FN4O4/c1-18-26(31-28(36)38-19(2)20-7-5-4-6-8-20)34(33-32-18)23-12-9-21(10-13-23)22-11-14-24(25(30)17-22)29(15-16-29)27(35)37-3/h4-14,17,19H,15-16H2,1-3H3,(H,31,36). The largest absolute Gasteiger partial charge is 0.468 e. The minimum absolute atomic E-state index is 0.368. The van der Waals surface area contributed by atoms with Crippen LogP contribution < -0.4 is 5.32 Å². The van der Waals surface area contributed by atoms with Crippen LogP contribution in [0.2, 0.25) is 0 Å². The van der Waals surface area contributed by atoms with Gasteiger partial charge in [-0.1, -0.05) is 59.8 Å². The van der Waals surface area contributed by atoms with Gasteiger partial charge in [0, 0.05) is 5.56 Å². The van der Waals surface area contributed by atoms with Crippen LogP contribution in [0.15, 0.2) is 72.8 Å². The van der Waals surface area contributed by atoms with Gasteiger partial charge in [-0.25, -0.2) is 9.18 Å². The molecule has 194 valence electrons. The molecule has 9 heteroatoms. The number of nitrogens with zero attached hydrogens (tertiary/aromatic N) is 3. The van der Waals surface area contributed by atoms with Crippen LogP contribution >= 0.6 is 0 Å². The number of carbonyl (C=O) groups is 2. The predicted molar refractivity (Wildman–Crippen MR) is 139 cm³/mol. The number of hydrogen-bond acceptors (Lipinski definition) is 6. The highest BCUT2D eigenvalue weighted by Crippen LogP contribution is 2.50. The van der Waals surface area contributed by atoms with Crippen LogP contribution in [0.5, 0.6) is 0 Å². The molecule has 0 aliphatic heterocycles. The van der Waals surface area contributed by atoms with Crippen LogP contribution in [0.1, 0.15) is 42.7 Å². The molecule has 4 aromatic rings. The molecule has 1 fully saturated rings. The number of hydrogen-bond donors (Lipinski definition) is 1. The minimum atomic E-state index is -0.865. The number of methoxy groups -OCH3 is 1. The molecule has 0 radical (unpaired) electrons. The Kier molecular flexibility index (Phi) is 6.67. The molecule has 1 N–H and O–H groups in total. The Labute approximate surface area is 219 Å². The molecular formula is C29H27FN4O4. The summed E-state index contributed by atoms with van der Waals surface area (Å²) in [5, 5.41) is 11.0. The Balaban J connectivity index is 1.32. The van der Waals surface area contributed by atoms with Gasteiger partial charge < -0.3 is 9.47 Å². The molecule has 1 atom stereocenters. The first-order valence-electron chi connectivity index (χ1n) is 12.3. The van der Waals surface area contributed by atoms with Gasteiger partial charge in [0.2, 0.25) is 0 Å². The third kappa shape index (κ3) is 4.74. The Hall–Kier alpha value is -4.53. The van der Waals surface area contributed by atoms with E-state index in [9.17, 15) is 9.59 Å². The molecule has 5 rings (SSSR count). The van der Waals surface area contributed by atoms with Crippen molar-refractivity contribution in [2.45, 2.75) is 38.2 Å². The van der Waals surface area contributed by atoms with Crippen LogP contribution in [0.25, 0.3) is 16.8 Å². The monoisotopic (exact) mass is 514 g/mol. The number of esters is 1. The molecule has 0 bridgehead atoms. The predicted octanol–water partition coefficient (Wildman–Crippen LogP) is 5.90. The maximum atomic E-state index is 15.0. The van der Waals surface area contributed by atoms with Gasteiger partial charge in [0.05, 0.1) is 18.2 Å².